The third-order valence-electron chi connectivity index (χ3n) is 5.23. The number of nitrogens with zero attached hydrogens (tertiary/aromatic N) is 5. The number of hydrogen-bond acceptors (Lipinski definition) is 10. The molecule has 0 fully saturated rings. The number of aromatic nitrogens is 5. The monoisotopic (exact) mass is 465 g/mol. The average molecular weight is 465 g/mol. The Balaban J connectivity index is 1.16. The fourth-order valence-corrected chi connectivity index (χ4v) is 4.36. The van der Waals surface area contributed by atoms with Gasteiger partial charge in [0.1, 0.15) is 26.4 Å². The minimum absolute atomic E-state index is 0.463. The topological polar surface area (TPSA) is 107 Å². The van der Waals surface area contributed by atoms with E-state index in [1.807, 2.05) is 48.0 Å². The van der Waals surface area contributed by atoms with E-state index < -0.39 is 0 Å². The third-order valence-corrected chi connectivity index (χ3v) is 6.23. The van der Waals surface area contributed by atoms with Crippen LogP contribution in [0.4, 0.5) is 0 Å². The van der Waals surface area contributed by atoms with Gasteiger partial charge in [-0.2, -0.15) is 4.98 Å². The molecule has 0 unspecified atom stereocenters. The molecule has 4 aromatic rings. The summed E-state index contributed by atoms with van der Waals surface area (Å²) in [6, 6.07) is 11.4. The maximum Gasteiger partial charge on any atom is 0.237 e. The van der Waals surface area contributed by atoms with Gasteiger partial charge in [-0.25, -0.2) is 0 Å². The quantitative estimate of drug-likeness (QED) is 0.407. The number of hydrogen-bond donors (Lipinski definition) is 0. The Morgan fingerprint density at radius 2 is 1.45 bits per heavy atom. The fraction of sp³-hybridized carbons (Fsp3) is 0.273. The molecule has 0 spiro atoms. The Labute approximate surface area is 192 Å². The van der Waals surface area contributed by atoms with E-state index in [2.05, 4.69) is 20.3 Å². The SMILES string of the molecule is Cn1c(SCc2nc(-c3ccc4c(c3)OCCO4)no2)nnc1-c1ccc2c(c1)OCCO2. The van der Waals surface area contributed by atoms with Crippen molar-refractivity contribution in [3.8, 4) is 45.8 Å². The zero-order valence-electron chi connectivity index (χ0n) is 17.7. The highest BCUT2D eigenvalue weighted by atomic mass is 32.2. The van der Waals surface area contributed by atoms with Gasteiger partial charge < -0.3 is 28.0 Å². The molecule has 2 aliphatic heterocycles. The molecule has 10 nitrogen and oxygen atoms in total. The lowest BCUT2D eigenvalue weighted by Gasteiger charge is -2.18. The number of rotatable bonds is 5. The van der Waals surface area contributed by atoms with E-state index in [0.29, 0.717) is 55.4 Å². The highest BCUT2D eigenvalue weighted by Crippen LogP contribution is 2.36. The molecule has 0 amide bonds. The second kappa shape index (κ2) is 8.32. The number of fused-ring (bicyclic) bond motifs is 2. The van der Waals surface area contributed by atoms with Gasteiger partial charge in [0, 0.05) is 18.2 Å². The van der Waals surface area contributed by atoms with Crippen LogP contribution < -0.4 is 18.9 Å². The summed E-state index contributed by atoms with van der Waals surface area (Å²) in [4.78, 5) is 4.50. The first-order chi connectivity index (χ1) is 16.2. The van der Waals surface area contributed by atoms with Crippen LogP contribution in [0.5, 0.6) is 23.0 Å². The normalized spacial score (nSPS) is 14.3. The third kappa shape index (κ3) is 3.84. The van der Waals surface area contributed by atoms with E-state index in [0.717, 1.165) is 33.6 Å². The molecule has 0 aliphatic carbocycles. The van der Waals surface area contributed by atoms with E-state index in [1.165, 1.54) is 11.8 Å². The van der Waals surface area contributed by atoms with Gasteiger partial charge in [0.05, 0.1) is 5.75 Å². The summed E-state index contributed by atoms with van der Waals surface area (Å²) in [5.41, 5.74) is 1.71. The molecule has 0 radical (unpaired) electrons. The summed E-state index contributed by atoms with van der Waals surface area (Å²) >= 11 is 1.47. The Bertz CT molecular complexity index is 1320. The Kier molecular flexibility index (Phi) is 5.02. The summed E-state index contributed by atoms with van der Waals surface area (Å²) in [7, 11) is 1.92. The van der Waals surface area contributed by atoms with E-state index in [4.69, 9.17) is 23.5 Å². The molecular formula is C22H19N5O5S. The maximum atomic E-state index is 5.68. The predicted molar refractivity (Wildman–Crippen MR) is 118 cm³/mol. The molecule has 4 heterocycles. The van der Waals surface area contributed by atoms with Gasteiger partial charge in [0.25, 0.3) is 0 Å². The molecule has 6 rings (SSSR count). The van der Waals surface area contributed by atoms with E-state index >= 15 is 0 Å². The average Bonchev–Trinajstić information content (AvgIpc) is 3.49. The molecule has 0 N–H and O–H groups in total. The number of ether oxygens (including phenoxy) is 4. The van der Waals surface area contributed by atoms with Gasteiger partial charge in [-0.15, -0.1) is 10.2 Å². The van der Waals surface area contributed by atoms with Crippen molar-refractivity contribution in [2.75, 3.05) is 26.4 Å². The van der Waals surface area contributed by atoms with Crippen molar-refractivity contribution >= 4 is 11.8 Å². The summed E-state index contributed by atoms with van der Waals surface area (Å²) in [5.74, 6) is 5.05. The van der Waals surface area contributed by atoms with E-state index in [1.54, 1.807) is 0 Å². The summed E-state index contributed by atoms with van der Waals surface area (Å²) in [6.45, 7) is 2.17. The Morgan fingerprint density at radius 1 is 0.818 bits per heavy atom. The van der Waals surface area contributed by atoms with Gasteiger partial charge >= 0.3 is 0 Å². The van der Waals surface area contributed by atoms with Crippen molar-refractivity contribution in [1.82, 2.24) is 24.9 Å². The first-order valence-corrected chi connectivity index (χ1v) is 11.4. The van der Waals surface area contributed by atoms with Crippen LogP contribution in [0.25, 0.3) is 22.8 Å². The standard InChI is InChI=1S/C22H19N5O5S/c1-27-21(14-3-5-16-18(11-14)31-9-7-29-16)24-25-22(27)33-12-19-23-20(26-32-19)13-2-4-15-17(10-13)30-8-6-28-15/h2-5,10-11H,6-9,12H2,1H3. The molecule has 33 heavy (non-hydrogen) atoms. The van der Waals surface area contributed by atoms with E-state index in [9.17, 15) is 0 Å². The number of thioether (sulfide) groups is 1. The molecule has 168 valence electrons. The van der Waals surface area contributed by atoms with Crippen LogP contribution in [0.3, 0.4) is 0 Å². The zero-order chi connectivity index (χ0) is 22.2. The smallest absolute Gasteiger partial charge is 0.237 e. The lowest BCUT2D eigenvalue weighted by Crippen LogP contribution is -2.15. The van der Waals surface area contributed by atoms with Crippen molar-refractivity contribution in [3.05, 3.63) is 42.3 Å². The van der Waals surface area contributed by atoms with Crippen LogP contribution in [0, 0.1) is 0 Å². The summed E-state index contributed by atoms with van der Waals surface area (Å²) < 4.78 is 29.8. The van der Waals surface area contributed by atoms with Gasteiger partial charge in [-0.1, -0.05) is 16.9 Å². The van der Waals surface area contributed by atoms with Crippen LogP contribution in [0.2, 0.25) is 0 Å². The highest BCUT2D eigenvalue weighted by molar-refractivity contribution is 7.98. The first kappa shape index (κ1) is 19.9. The number of benzene rings is 2. The van der Waals surface area contributed by atoms with Gasteiger partial charge in [-0.3, -0.25) is 0 Å². The van der Waals surface area contributed by atoms with Crippen molar-refractivity contribution in [3.63, 3.8) is 0 Å². The molecule has 0 bridgehead atoms. The minimum atomic E-state index is 0.463. The second-order valence-corrected chi connectivity index (χ2v) is 8.32. The molecular weight excluding hydrogens is 446 g/mol. The van der Waals surface area contributed by atoms with Crippen LogP contribution in [0.1, 0.15) is 5.89 Å². The molecule has 2 aromatic carbocycles. The van der Waals surface area contributed by atoms with Crippen LogP contribution in [-0.4, -0.2) is 51.3 Å². The van der Waals surface area contributed by atoms with E-state index in [-0.39, 0.29) is 0 Å². The van der Waals surface area contributed by atoms with Gasteiger partial charge in [0.2, 0.25) is 11.7 Å². The van der Waals surface area contributed by atoms with Gasteiger partial charge in [0.15, 0.2) is 34.0 Å². The fourth-order valence-electron chi connectivity index (χ4n) is 3.61. The summed E-state index contributed by atoms with van der Waals surface area (Å²) in [6.07, 6.45) is 0. The molecule has 11 heteroatoms. The summed E-state index contributed by atoms with van der Waals surface area (Å²) in [5, 5.41) is 13.5. The van der Waals surface area contributed by atoms with Crippen LogP contribution >= 0.6 is 11.8 Å². The lowest BCUT2D eigenvalue weighted by atomic mass is 10.2. The largest absolute Gasteiger partial charge is 0.486 e. The zero-order valence-corrected chi connectivity index (χ0v) is 18.5. The first-order valence-electron chi connectivity index (χ1n) is 10.4. The molecule has 2 aromatic heterocycles. The molecule has 0 saturated heterocycles. The van der Waals surface area contributed by atoms with Crippen molar-refractivity contribution in [2.24, 2.45) is 7.05 Å². The molecule has 2 aliphatic rings. The lowest BCUT2D eigenvalue weighted by molar-refractivity contribution is 0.171. The van der Waals surface area contributed by atoms with Crippen molar-refractivity contribution < 1.29 is 23.5 Å². The van der Waals surface area contributed by atoms with Crippen molar-refractivity contribution in [2.45, 2.75) is 10.9 Å². The minimum Gasteiger partial charge on any atom is -0.486 e. The maximum absolute atomic E-state index is 5.68. The molecule has 0 atom stereocenters. The Morgan fingerprint density at radius 3 is 2.18 bits per heavy atom. The predicted octanol–water partition coefficient (Wildman–Crippen LogP) is 3.37. The van der Waals surface area contributed by atoms with Crippen LogP contribution in [0.15, 0.2) is 46.1 Å². The highest BCUT2D eigenvalue weighted by Gasteiger charge is 2.19. The molecule has 0 saturated carbocycles. The van der Waals surface area contributed by atoms with Gasteiger partial charge in [-0.05, 0) is 36.4 Å². The Hall–Kier alpha value is -3.73. The second-order valence-electron chi connectivity index (χ2n) is 7.38. The van der Waals surface area contributed by atoms with Crippen LogP contribution in [-0.2, 0) is 12.8 Å². The van der Waals surface area contributed by atoms with Crippen molar-refractivity contribution in [1.29, 1.82) is 0 Å².